The zero-order chi connectivity index (χ0) is 29.9. The first-order valence-electron chi connectivity index (χ1n) is 13.0. The van der Waals surface area contributed by atoms with E-state index < -0.39 is 27.9 Å². The van der Waals surface area contributed by atoms with Crippen LogP contribution in [-0.4, -0.2) is 44.3 Å². The summed E-state index contributed by atoms with van der Waals surface area (Å²) in [6.07, 6.45) is 3.55. The lowest BCUT2D eigenvalue weighted by Gasteiger charge is -2.28. The van der Waals surface area contributed by atoms with E-state index in [1.54, 1.807) is 48.5 Å². The van der Waals surface area contributed by atoms with Crippen LogP contribution in [0.1, 0.15) is 69.7 Å². The molecule has 4 rings (SSSR count). The van der Waals surface area contributed by atoms with E-state index in [2.05, 4.69) is 28.7 Å². The van der Waals surface area contributed by atoms with E-state index in [0.717, 1.165) is 25.5 Å². The van der Waals surface area contributed by atoms with E-state index in [1.807, 2.05) is 0 Å². The monoisotopic (exact) mass is 576 g/mol. The van der Waals surface area contributed by atoms with Crippen molar-refractivity contribution >= 4 is 39.4 Å². The van der Waals surface area contributed by atoms with E-state index in [-0.39, 0.29) is 39.5 Å². The fourth-order valence-electron chi connectivity index (χ4n) is 4.96. The molecule has 0 aliphatic heterocycles. The Morgan fingerprint density at radius 3 is 2.17 bits per heavy atom. The molecular formula is C30H32N4O6S. The van der Waals surface area contributed by atoms with Crippen LogP contribution in [0.25, 0.3) is 11.1 Å². The number of hydrogen-bond donors (Lipinski definition) is 4. The first-order valence-corrected chi connectivity index (χ1v) is 14.8. The molecule has 1 aliphatic rings. The second-order valence-corrected chi connectivity index (χ2v) is 12.3. The zero-order valence-electron chi connectivity index (χ0n) is 23.0. The third-order valence-corrected chi connectivity index (χ3v) is 7.66. The quantitative estimate of drug-likeness (QED) is 0.176. The predicted molar refractivity (Wildman–Crippen MR) is 156 cm³/mol. The van der Waals surface area contributed by atoms with Gasteiger partial charge in [-0.3, -0.25) is 15.0 Å². The first-order chi connectivity index (χ1) is 19.2. The SMILES string of the molecule is CC1(C)CCC[C@@H]1NC(=O)c1ccc(-c2ccccc2C(=O)Nc2ccc(C(=N)N)cc2)c(C(=O)OS(C)(=O)=O)c1. The van der Waals surface area contributed by atoms with Crippen molar-refractivity contribution in [1.29, 1.82) is 5.41 Å². The topological polar surface area (TPSA) is 169 Å². The summed E-state index contributed by atoms with van der Waals surface area (Å²) >= 11 is 0. The summed E-state index contributed by atoms with van der Waals surface area (Å²) in [6, 6.07) is 17.2. The number of benzene rings is 3. The highest BCUT2D eigenvalue weighted by atomic mass is 32.2. The Labute approximate surface area is 238 Å². The van der Waals surface area contributed by atoms with E-state index in [4.69, 9.17) is 11.1 Å². The molecule has 0 unspecified atom stereocenters. The largest absolute Gasteiger partial charge is 0.384 e. The van der Waals surface area contributed by atoms with Crippen LogP contribution in [0, 0.1) is 10.8 Å². The molecule has 0 saturated heterocycles. The predicted octanol–water partition coefficient (Wildman–Crippen LogP) is 4.31. The maximum Gasteiger partial charge on any atom is 0.354 e. The summed E-state index contributed by atoms with van der Waals surface area (Å²) in [6.45, 7) is 4.17. The van der Waals surface area contributed by atoms with Crippen LogP contribution in [0.2, 0.25) is 0 Å². The molecule has 1 fully saturated rings. The van der Waals surface area contributed by atoms with Crippen LogP contribution in [0.4, 0.5) is 5.69 Å². The van der Waals surface area contributed by atoms with Crippen molar-refractivity contribution in [2.24, 2.45) is 11.1 Å². The van der Waals surface area contributed by atoms with Gasteiger partial charge in [0.25, 0.3) is 11.8 Å². The van der Waals surface area contributed by atoms with Crippen molar-refractivity contribution in [3.8, 4) is 11.1 Å². The van der Waals surface area contributed by atoms with Crippen LogP contribution in [0.5, 0.6) is 0 Å². The average Bonchev–Trinajstić information content (AvgIpc) is 3.24. The molecule has 11 heteroatoms. The van der Waals surface area contributed by atoms with Gasteiger partial charge in [0, 0.05) is 28.4 Å². The molecular weight excluding hydrogens is 544 g/mol. The molecule has 3 aromatic carbocycles. The molecule has 1 aliphatic carbocycles. The summed E-state index contributed by atoms with van der Waals surface area (Å²) in [7, 11) is -4.17. The van der Waals surface area contributed by atoms with Gasteiger partial charge in [0.05, 0.1) is 11.8 Å². The number of nitrogens with one attached hydrogen (secondary N) is 3. The summed E-state index contributed by atoms with van der Waals surface area (Å²) < 4.78 is 28.3. The minimum atomic E-state index is -4.17. The lowest BCUT2D eigenvalue weighted by atomic mass is 9.87. The molecule has 0 spiro atoms. The van der Waals surface area contributed by atoms with Crippen LogP contribution in [0.3, 0.4) is 0 Å². The number of nitrogens with two attached hydrogens (primary N) is 1. The molecule has 0 aromatic heterocycles. The second kappa shape index (κ2) is 11.5. The Morgan fingerprint density at radius 1 is 0.927 bits per heavy atom. The first kappa shape index (κ1) is 29.5. The van der Waals surface area contributed by atoms with Crippen LogP contribution < -0.4 is 16.4 Å². The fraction of sp³-hybridized carbons (Fsp3) is 0.267. The fourth-order valence-corrected chi connectivity index (χ4v) is 5.32. The number of nitrogen functional groups attached to an aromatic ring is 1. The van der Waals surface area contributed by atoms with Crippen molar-refractivity contribution in [3.05, 3.63) is 89.0 Å². The van der Waals surface area contributed by atoms with Crippen molar-refractivity contribution in [2.45, 2.75) is 39.2 Å². The molecule has 41 heavy (non-hydrogen) atoms. The summed E-state index contributed by atoms with van der Waals surface area (Å²) in [5, 5.41) is 13.3. The van der Waals surface area contributed by atoms with Crippen molar-refractivity contribution < 1.29 is 27.0 Å². The van der Waals surface area contributed by atoms with Gasteiger partial charge in [-0.25, -0.2) is 4.79 Å². The lowest BCUT2D eigenvalue weighted by Crippen LogP contribution is -2.41. The Kier molecular flexibility index (Phi) is 8.29. The summed E-state index contributed by atoms with van der Waals surface area (Å²) in [5.41, 5.74) is 7.08. The van der Waals surface area contributed by atoms with E-state index in [0.29, 0.717) is 16.8 Å². The molecule has 0 radical (unpaired) electrons. The van der Waals surface area contributed by atoms with Gasteiger partial charge in [-0.1, -0.05) is 44.5 Å². The van der Waals surface area contributed by atoms with E-state index >= 15 is 0 Å². The maximum atomic E-state index is 13.3. The second-order valence-electron chi connectivity index (χ2n) is 10.7. The highest BCUT2D eigenvalue weighted by Crippen LogP contribution is 2.37. The van der Waals surface area contributed by atoms with Crippen LogP contribution >= 0.6 is 0 Å². The Morgan fingerprint density at radius 2 is 1.56 bits per heavy atom. The number of amides is 2. The van der Waals surface area contributed by atoms with E-state index in [9.17, 15) is 22.8 Å². The lowest BCUT2D eigenvalue weighted by molar-refractivity contribution is 0.0748. The molecule has 0 bridgehead atoms. The normalized spacial score (nSPS) is 16.0. The minimum Gasteiger partial charge on any atom is -0.384 e. The van der Waals surface area contributed by atoms with Gasteiger partial charge in [0.2, 0.25) is 0 Å². The van der Waals surface area contributed by atoms with Gasteiger partial charge >= 0.3 is 16.1 Å². The number of amidine groups is 1. The number of hydrogen-bond acceptors (Lipinski definition) is 7. The van der Waals surface area contributed by atoms with Crippen LogP contribution in [-0.2, 0) is 14.3 Å². The molecule has 10 nitrogen and oxygen atoms in total. The third kappa shape index (κ3) is 6.98. The molecule has 214 valence electrons. The van der Waals surface area contributed by atoms with Crippen molar-refractivity contribution in [3.63, 3.8) is 0 Å². The molecule has 1 saturated carbocycles. The zero-order valence-corrected chi connectivity index (χ0v) is 23.8. The number of rotatable bonds is 8. The van der Waals surface area contributed by atoms with E-state index in [1.165, 1.54) is 18.2 Å². The highest BCUT2D eigenvalue weighted by Gasteiger charge is 2.35. The molecule has 2 amide bonds. The highest BCUT2D eigenvalue weighted by molar-refractivity contribution is 7.86. The Hall–Kier alpha value is -4.51. The average molecular weight is 577 g/mol. The Bertz CT molecular complexity index is 1630. The standard InChI is InChI=1S/C30H32N4O6S/c1-30(2)16-6-9-25(30)34-27(35)19-12-15-22(24(17-19)29(37)40-41(3,38)39)21-7-4-5-8-23(21)28(36)33-20-13-10-18(11-14-20)26(31)32/h4-5,7-8,10-15,17,25H,6,9,16H2,1-3H3,(H3,31,32)(H,33,36)(H,34,35)/t25-/m0/s1. The van der Waals surface area contributed by atoms with Gasteiger partial charge < -0.3 is 20.6 Å². The van der Waals surface area contributed by atoms with Crippen LogP contribution in [0.15, 0.2) is 66.7 Å². The third-order valence-electron chi connectivity index (χ3n) is 7.21. The van der Waals surface area contributed by atoms with Crippen molar-refractivity contribution in [1.82, 2.24) is 5.32 Å². The number of anilines is 1. The molecule has 0 heterocycles. The molecule has 3 aromatic rings. The molecule has 5 N–H and O–H groups in total. The summed E-state index contributed by atoms with van der Waals surface area (Å²) in [5.74, 6) is -2.17. The summed E-state index contributed by atoms with van der Waals surface area (Å²) in [4.78, 5) is 39.6. The molecule has 1 atom stereocenters. The van der Waals surface area contributed by atoms with Gasteiger partial charge in [0.1, 0.15) is 5.84 Å². The number of carbonyl (C=O) groups excluding carboxylic acids is 3. The van der Waals surface area contributed by atoms with Gasteiger partial charge in [0.15, 0.2) is 0 Å². The maximum absolute atomic E-state index is 13.3. The van der Waals surface area contributed by atoms with Gasteiger partial charge in [-0.2, -0.15) is 8.42 Å². The Balaban J connectivity index is 1.71. The van der Waals surface area contributed by atoms with Crippen molar-refractivity contribution in [2.75, 3.05) is 11.6 Å². The van der Waals surface area contributed by atoms with Gasteiger partial charge in [-0.05, 0) is 71.8 Å². The minimum absolute atomic E-state index is 0.0463. The van der Waals surface area contributed by atoms with Gasteiger partial charge in [-0.15, -0.1) is 0 Å². The number of carbonyl (C=O) groups is 3. The smallest absolute Gasteiger partial charge is 0.354 e.